The number of phenolic OH excluding ortho intramolecular Hbond substituents is 1. The predicted molar refractivity (Wildman–Crippen MR) is 56.4 cm³/mol. The van der Waals surface area contributed by atoms with E-state index < -0.39 is 0 Å². The average molecular weight is 207 g/mol. The Bertz CT molecular complexity index is 401. The molecular formula is C11H13NO3. The van der Waals surface area contributed by atoms with Crippen molar-refractivity contribution in [1.82, 2.24) is 0 Å². The highest BCUT2D eigenvalue weighted by Gasteiger charge is 2.22. The summed E-state index contributed by atoms with van der Waals surface area (Å²) in [5.74, 6) is 0.851. The Labute approximate surface area is 88.1 Å². The molecule has 0 saturated heterocycles. The van der Waals surface area contributed by atoms with Crippen LogP contribution in [0.1, 0.15) is 18.9 Å². The van der Waals surface area contributed by atoms with E-state index in [4.69, 9.17) is 9.57 Å². The maximum absolute atomic E-state index is 9.34. The first kappa shape index (κ1) is 9.83. The first-order chi connectivity index (χ1) is 7.20. The summed E-state index contributed by atoms with van der Waals surface area (Å²) < 4.78 is 5.59. The number of rotatable bonds is 1. The van der Waals surface area contributed by atoms with Gasteiger partial charge in [0.2, 0.25) is 0 Å². The maximum Gasteiger partial charge on any atom is 0.132 e. The molecule has 1 atom stereocenters. The standard InChI is InChI=1S/C11H13NO3/c1-7-5-10(12-14-2)9-4-3-8(13)6-11(9)15-7/h3-4,6-7,13H,5H2,1-2H3/b12-10+. The quantitative estimate of drug-likeness (QED) is 0.716. The summed E-state index contributed by atoms with van der Waals surface area (Å²) in [5.41, 5.74) is 1.74. The molecule has 0 saturated carbocycles. The summed E-state index contributed by atoms with van der Waals surface area (Å²) in [5, 5.41) is 13.3. The Morgan fingerprint density at radius 3 is 3.07 bits per heavy atom. The van der Waals surface area contributed by atoms with Crippen molar-refractivity contribution in [2.75, 3.05) is 7.11 Å². The van der Waals surface area contributed by atoms with Gasteiger partial charge >= 0.3 is 0 Å². The molecule has 1 aromatic carbocycles. The number of phenols is 1. The molecule has 1 aliphatic heterocycles. The Balaban J connectivity index is 2.46. The second-order valence-electron chi connectivity index (χ2n) is 3.53. The fraction of sp³-hybridized carbons (Fsp3) is 0.364. The number of ether oxygens (including phenoxy) is 1. The zero-order valence-corrected chi connectivity index (χ0v) is 8.73. The lowest BCUT2D eigenvalue weighted by molar-refractivity contribution is 0.197. The van der Waals surface area contributed by atoms with Crippen molar-refractivity contribution in [3.05, 3.63) is 23.8 Å². The summed E-state index contributed by atoms with van der Waals surface area (Å²) in [6, 6.07) is 4.99. The summed E-state index contributed by atoms with van der Waals surface area (Å²) in [6.07, 6.45) is 0.763. The first-order valence-electron chi connectivity index (χ1n) is 4.81. The van der Waals surface area contributed by atoms with E-state index in [0.29, 0.717) is 12.2 Å². The molecule has 80 valence electrons. The van der Waals surface area contributed by atoms with Crippen LogP contribution in [0.15, 0.2) is 23.4 Å². The Morgan fingerprint density at radius 2 is 2.33 bits per heavy atom. The van der Waals surface area contributed by atoms with Crippen molar-refractivity contribution in [3.8, 4) is 11.5 Å². The summed E-state index contributed by atoms with van der Waals surface area (Å²) in [7, 11) is 1.52. The van der Waals surface area contributed by atoms with Gasteiger partial charge in [-0.05, 0) is 19.1 Å². The summed E-state index contributed by atoms with van der Waals surface area (Å²) in [4.78, 5) is 4.79. The topological polar surface area (TPSA) is 51.0 Å². The second kappa shape index (κ2) is 3.81. The zero-order valence-electron chi connectivity index (χ0n) is 8.73. The molecule has 1 heterocycles. The third kappa shape index (κ3) is 1.88. The number of hydrogen-bond donors (Lipinski definition) is 1. The van der Waals surface area contributed by atoms with Gasteiger partial charge in [0.25, 0.3) is 0 Å². The Morgan fingerprint density at radius 1 is 1.53 bits per heavy atom. The lowest BCUT2D eigenvalue weighted by atomic mass is 10.0. The minimum absolute atomic E-state index is 0.0493. The van der Waals surface area contributed by atoms with Crippen LogP contribution in [0.4, 0.5) is 0 Å². The summed E-state index contributed by atoms with van der Waals surface area (Å²) >= 11 is 0. The average Bonchev–Trinajstić information content (AvgIpc) is 2.17. The summed E-state index contributed by atoms with van der Waals surface area (Å²) in [6.45, 7) is 1.96. The molecule has 0 amide bonds. The molecular weight excluding hydrogens is 194 g/mol. The number of oxime groups is 1. The van der Waals surface area contributed by atoms with Crippen molar-refractivity contribution in [2.24, 2.45) is 5.16 Å². The minimum atomic E-state index is 0.0493. The molecule has 1 aliphatic rings. The molecule has 0 bridgehead atoms. The van der Waals surface area contributed by atoms with Crippen LogP contribution in [0.5, 0.6) is 11.5 Å². The van der Waals surface area contributed by atoms with Gasteiger partial charge in [-0.3, -0.25) is 0 Å². The maximum atomic E-state index is 9.34. The van der Waals surface area contributed by atoms with Gasteiger partial charge in [-0.15, -0.1) is 0 Å². The molecule has 0 fully saturated rings. The predicted octanol–water partition coefficient (Wildman–Crippen LogP) is 1.91. The van der Waals surface area contributed by atoms with E-state index >= 15 is 0 Å². The van der Waals surface area contributed by atoms with Crippen molar-refractivity contribution in [3.63, 3.8) is 0 Å². The molecule has 1 unspecified atom stereocenters. The van der Waals surface area contributed by atoms with Crippen LogP contribution in [0.2, 0.25) is 0 Å². The zero-order chi connectivity index (χ0) is 10.8. The van der Waals surface area contributed by atoms with Crippen LogP contribution >= 0.6 is 0 Å². The Hall–Kier alpha value is -1.71. The molecule has 0 aromatic heterocycles. The van der Waals surface area contributed by atoms with Gasteiger partial charge in [-0.2, -0.15) is 0 Å². The van der Waals surface area contributed by atoms with E-state index in [0.717, 1.165) is 11.3 Å². The molecule has 4 nitrogen and oxygen atoms in total. The van der Waals surface area contributed by atoms with Gasteiger partial charge in [-0.25, -0.2) is 0 Å². The van der Waals surface area contributed by atoms with Gasteiger partial charge in [0.15, 0.2) is 0 Å². The van der Waals surface area contributed by atoms with Crippen molar-refractivity contribution in [1.29, 1.82) is 0 Å². The van der Waals surface area contributed by atoms with Crippen LogP contribution < -0.4 is 4.74 Å². The first-order valence-corrected chi connectivity index (χ1v) is 4.81. The van der Waals surface area contributed by atoms with Crippen LogP contribution in [0.25, 0.3) is 0 Å². The SMILES string of the molecule is CO/N=C1\CC(C)Oc2cc(O)ccc21. The lowest BCUT2D eigenvalue weighted by Crippen LogP contribution is -2.24. The van der Waals surface area contributed by atoms with Crippen molar-refractivity contribution >= 4 is 5.71 Å². The lowest BCUT2D eigenvalue weighted by Gasteiger charge is -2.24. The number of hydrogen-bond acceptors (Lipinski definition) is 4. The molecule has 4 heteroatoms. The van der Waals surface area contributed by atoms with E-state index in [9.17, 15) is 5.11 Å². The van der Waals surface area contributed by atoms with Crippen LogP contribution in [-0.4, -0.2) is 24.0 Å². The molecule has 15 heavy (non-hydrogen) atoms. The normalized spacial score (nSPS) is 22.0. The third-order valence-electron chi connectivity index (χ3n) is 2.29. The number of aromatic hydroxyl groups is 1. The highest BCUT2D eigenvalue weighted by molar-refractivity contribution is 6.03. The van der Waals surface area contributed by atoms with Crippen LogP contribution in [0.3, 0.4) is 0 Å². The molecule has 0 radical (unpaired) electrons. The van der Waals surface area contributed by atoms with Crippen LogP contribution in [0, 0.1) is 0 Å². The second-order valence-corrected chi connectivity index (χ2v) is 3.53. The van der Waals surface area contributed by atoms with Crippen LogP contribution in [-0.2, 0) is 4.84 Å². The van der Waals surface area contributed by atoms with E-state index in [1.165, 1.54) is 7.11 Å². The monoisotopic (exact) mass is 207 g/mol. The van der Waals surface area contributed by atoms with E-state index in [2.05, 4.69) is 5.16 Å². The Kier molecular flexibility index (Phi) is 2.49. The van der Waals surface area contributed by atoms with Crippen molar-refractivity contribution < 1.29 is 14.7 Å². The number of nitrogens with zero attached hydrogens (tertiary/aromatic N) is 1. The largest absolute Gasteiger partial charge is 0.508 e. The smallest absolute Gasteiger partial charge is 0.132 e. The fourth-order valence-corrected chi connectivity index (χ4v) is 1.68. The number of fused-ring (bicyclic) bond motifs is 1. The van der Waals surface area contributed by atoms with Gasteiger partial charge in [-0.1, -0.05) is 5.16 Å². The highest BCUT2D eigenvalue weighted by atomic mass is 16.6. The van der Waals surface area contributed by atoms with Gasteiger partial charge in [0.1, 0.15) is 24.7 Å². The van der Waals surface area contributed by atoms with Gasteiger partial charge in [0, 0.05) is 18.1 Å². The van der Waals surface area contributed by atoms with E-state index in [1.54, 1.807) is 18.2 Å². The van der Waals surface area contributed by atoms with Gasteiger partial charge < -0.3 is 14.7 Å². The molecule has 1 N–H and O–H groups in total. The minimum Gasteiger partial charge on any atom is -0.508 e. The van der Waals surface area contributed by atoms with Crippen molar-refractivity contribution in [2.45, 2.75) is 19.4 Å². The van der Waals surface area contributed by atoms with E-state index in [1.807, 2.05) is 6.92 Å². The molecule has 0 aliphatic carbocycles. The molecule has 2 rings (SSSR count). The third-order valence-corrected chi connectivity index (χ3v) is 2.29. The molecule has 1 aromatic rings. The van der Waals surface area contributed by atoms with E-state index in [-0.39, 0.29) is 11.9 Å². The molecule has 0 spiro atoms. The fourth-order valence-electron chi connectivity index (χ4n) is 1.68. The highest BCUT2D eigenvalue weighted by Crippen LogP contribution is 2.31. The van der Waals surface area contributed by atoms with Gasteiger partial charge in [0.05, 0.1) is 5.71 Å². The number of benzene rings is 1.